The highest BCUT2D eigenvalue weighted by atomic mass is 19.3. The van der Waals surface area contributed by atoms with E-state index in [0.29, 0.717) is 72.5 Å². The monoisotopic (exact) mass is 983 g/mol. The van der Waals surface area contributed by atoms with Gasteiger partial charge in [-0.25, -0.2) is 18.4 Å². The normalized spacial score (nSPS) is 15.2. The Morgan fingerprint density at radius 1 is 0.746 bits per heavy atom. The predicted octanol–water partition coefficient (Wildman–Crippen LogP) is 9.34. The molecule has 0 bridgehead atoms. The molecule has 3 aromatic heterocycles. The van der Waals surface area contributed by atoms with E-state index in [-0.39, 0.29) is 66.2 Å². The van der Waals surface area contributed by atoms with E-state index in [2.05, 4.69) is 30.6 Å². The van der Waals surface area contributed by atoms with E-state index >= 15 is 8.78 Å². The van der Waals surface area contributed by atoms with Crippen LogP contribution in [0.2, 0.25) is 0 Å². The van der Waals surface area contributed by atoms with Crippen LogP contribution in [0.4, 0.5) is 53.0 Å². The van der Waals surface area contributed by atoms with Gasteiger partial charge in [0.15, 0.2) is 0 Å². The standard InChI is InChI=1S/C48H47F6N13O4/c1-48(14-16-63(17-15-48)46(68)66(38-9-4-6-30(24-55)39(38)56-2)27-32-13-11-29(23-35(32)50)43-59-61-45(71-43)41(53)54)67-37-8-5-7-36(33(37)25-57-67)65(47(69)64-20-18-62(3)19-21-64)26-31-12-10-28(22-34(31)49)42-58-60-44(70-42)40(51)52/h4-13,22-25,40-41,55-56H,14-21,26-27H2,1-3H3. The number of hydrogen-bond acceptors (Lipinski definition) is 12. The van der Waals surface area contributed by atoms with Crippen molar-refractivity contribution in [2.45, 2.75) is 51.2 Å². The van der Waals surface area contributed by atoms with Crippen LogP contribution in [-0.4, -0.2) is 117 Å². The molecule has 2 fully saturated rings. The Morgan fingerprint density at radius 2 is 1.27 bits per heavy atom. The molecule has 0 atom stereocenters. The number of piperazine rings is 1. The average Bonchev–Trinajstić information content (AvgIpc) is 4.17. The third-order valence-electron chi connectivity index (χ3n) is 13.0. The molecule has 370 valence electrons. The number of fused-ring (bicyclic) bond motifs is 1. The zero-order valence-electron chi connectivity index (χ0n) is 38.6. The molecule has 9 rings (SSSR count). The number of anilines is 3. The van der Waals surface area contributed by atoms with Crippen LogP contribution in [0.5, 0.6) is 0 Å². The number of amides is 4. The van der Waals surface area contributed by atoms with Crippen molar-refractivity contribution in [2.75, 3.05) is 68.5 Å². The van der Waals surface area contributed by atoms with E-state index in [1.807, 2.05) is 24.7 Å². The van der Waals surface area contributed by atoms with Gasteiger partial charge in [-0.15, -0.1) is 20.4 Å². The van der Waals surface area contributed by atoms with Gasteiger partial charge >= 0.3 is 24.9 Å². The van der Waals surface area contributed by atoms with Gasteiger partial charge < -0.3 is 34.3 Å². The number of para-hydroxylation sites is 1. The number of hydrogen-bond donors (Lipinski definition) is 2. The largest absolute Gasteiger partial charge is 0.415 e. The second-order valence-electron chi connectivity index (χ2n) is 17.5. The molecule has 2 saturated heterocycles. The second-order valence-corrected chi connectivity index (χ2v) is 17.5. The summed E-state index contributed by atoms with van der Waals surface area (Å²) < 4.78 is 96.5. The van der Waals surface area contributed by atoms with Crippen molar-refractivity contribution in [1.82, 2.24) is 44.9 Å². The molecule has 7 aromatic rings. The second kappa shape index (κ2) is 19.9. The maximum atomic E-state index is 16.0. The van der Waals surface area contributed by atoms with E-state index in [0.717, 1.165) is 18.3 Å². The number of nitrogens with zero attached hydrogens (tertiary/aromatic N) is 11. The van der Waals surface area contributed by atoms with Gasteiger partial charge in [-0.3, -0.25) is 14.5 Å². The molecule has 0 unspecified atom stereocenters. The van der Waals surface area contributed by atoms with E-state index in [1.54, 1.807) is 53.4 Å². The molecule has 4 aromatic carbocycles. The maximum Gasteiger partial charge on any atom is 0.324 e. The Balaban J connectivity index is 0.984. The molecular formula is C48H47F6N13O4. The fraction of sp³-hybridized carbons (Fsp3) is 0.333. The number of nitrogens with one attached hydrogen (secondary N) is 2. The van der Waals surface area contributed by atoms with Gasteiger partial charge in [-0.1, -0.05) is 30.3 Å². The summed E-state index contributed by atoms with van der Waals surface area (Å²) >= 11 is 0. The predicted molar refractivity (Wildman–Crippen MR) is 250 cm³/mol. The molecule has 2 aliphatic rings. The van der Waals surface area contributed by atoms with E-state index in [4.69, 9.17) is 19.3 Å². The van der Waals surface area contributed by atoms with Crippen molar-refractivity contribution in [2.24, 2.45) is 0 Å². The first kappa shape index (κ1) is 48.2. The summed E-state index contributed by atoms with van der Waals surface area (Å²) in [6, 6.07) is 17.7. The summed E-state index contributed by atoms with van der Waals surface area (Å²) in [7, 11) is 3.62. The summed E-state index contributed by atoms with van der Waals surface area (Å²) in [6.45, 7) is 4.27. The van der Waals surface area contributed by atoms with Crippen molar-refractivity contribution >= 4 is 46.2 Å². The van der Waals surface area contributed by atoms with Crippen LogP contribution < -0.4 is 15.1 Å². The van der Waals surface area contributed by atoms with Gasteiger partial charge in [-0.2, -0.15) is 22.7 Å². The Hall–Kier alpha value is -7.82. The number of halogens is 6. The Labute approximate surface area is 402 Å². The first-order valence-electron chi connectivity index (χ1n) is 22.6. The van der Waals surface area contributed by atoms with Crippen LogP contribution in [0.3, 0.4) is 0 Å². The highest BCUT2D eigenvalue weighted by molar-refractivity contribution is 6.03. The SMILES string of the molecule is CNc1c(C=N)cccc1N(Cc1ccc(-c2nnc(C(F)F)o2)cc1F)C(=O)N1CCC(C)(n2ncc3c(N(Cc4ccc(-c5nnc(C(F)F)o5)cc4F)C(=O)N4CCN(C)CC4)cccc32)CC1. The molecule has 0 spiro atoms. The molecule has 0 saturated carbocycles. The lowest BCUT2D eigenvalue weighted by atomic mass is 9.89. The fourth-order valence-electron chi connectivity index (χ4n) is 8.96. The van der Waals surface area contributed by atoms with Crippen LogP contribution >= 0.6 is 0 Å². The molecule has 2 N–H and O–H groups in total. The minimum Gasteiger partial charge on any atom is -0.415 e. The zero-order valence-corrected chi connectivity index (χ0v) is 38.6. The number of benzene rings is 4. The highest BCUT2D eigenvalue weighted by Crippen LogP contribution is 2.39. The molecule has 71 heavy (non-hydrogen) atoms. The van der Waals surface area contributed by atoms with Gasteiger partial charge in [0.2, 0.25) is 11.8 Å². The van der Waals surface area contributed by atoms with Crippen molar-refractivity contribution in [3.63, 3.8) is 0 Å². The Kier molecular flexibility index (Phi) is 13.5. The number of alkyl halides is 4. The fourth-order valence-corrected chi connectivity index (χ4v) is 8.96. The first-order valence-corrected chi connectivity index (χ1v) is 22.6. The summed E-state index contributed by atoms with van der Waals surface area (Å²) in [5.74, 6) is -3.82. The molecule has 5 heterocycles. The van der Waals surface area contributed by atoms with E-state index < -0.39 is 47.8 Å². The Bertz CT molecular complexity index is 3090. The third-order valence-corrected chi connectivity index (χ3v) is 13.0. The van der Waals surface area contributed by atoms with Crippen molar-refractivity contribution in [3.8, 4) is 22.9 Å². The summed E-state index contributed by atoms with van der Waals surface area (Å²) in [5.41, 5.74) is 2.29. The lowest BCUT2D eigenvalue weighted by molar-refractivity contribution is 0.115. The molecule has 4 amide bonds. The zero-order chi connectivity index (χ0) is 50.1. The average molecular weight is 984 g/mol. The highest BCUT2D eigenvalue weighted by Gasteiger charge is 2.38. The number of likely N-dealkylation sites (tertiary alicyclic amines) is 1. The molecule has 23 heteroatoms. The van der Waals surface area contributed by atoms with Crippen molar-refractivity contribution < 1.29 is 44.8 Å². The molecule has 0 radical (unpaired) electrons. The number of rotatable bonds is 13. The molecule has 2 aliphatic heterocycles. The number of carbonyl (C=O) groups is 2. The van der Waals surface area contributed by atoms with Crippen LogP contribution in [0.15, 0.2) is 87.8 Å². The molecule has 17 nitrogen and oxygen atoms in total. The van der Waals surface area contributed by atoms with Crippen LogP contribution in [0, 0.1) is 17.0 Å². The quantitative estimate of drug-likeness (QED) is 0.0830. The lowest BCUT2D eigenvalue weighted by Gasteiger charge is -2.42. The van der Waals surface area contributed by atoms with Crippen molar-refractivity contribution in [1.29, 1.82) is 5.41 Å². The van der Waals surface area contributed by atoms with Crippen LogP contribution in [0.1, 0.15) is 61.1 Å². The number of aromatic nitrogens is 6. The van der Waals surface area contributed by atoms with Crippen LogP contribution in [-0.2, 0) is 18.6 Å². The first-order chi connectivity index (χ1) is 34.2. The minimum atomic E-state index is -3.00. The molecule has 0 aliphatic carbocycles. The number of likely N-dealkylation sites (N-methyl/N-ethyl adjacent to an activating group) is 1. The summed E-state index contributed by atoms with van der Waals surface area (Å²) in [4.78, 5) is 37.7. The summed E-state index contributed by atoms with van der Waals surface area (Å²) in [5, 5.41) is 30.5. The van der Waals surface area contributed by atoms with Gasteiger partial charge in [0, 0.05) is 85.7 Å². The van der Waals surface area contributed by atoms with Gasteiger partial charge in [0.05, 0.1) is 47.4 Å². The van der Waals surface area contributed by atoms with E-state index in [9.17, 15) is 27.2 Å². The van der Waals surface area contributed by atoms with Gasteiger partial charge in [0.1, 0.15) is 11.6 Å². The number of carbonyl (C=O) groups excluding carboxylic acids is 2. The third kappa shape index (κ3) is 9.60. The summed E-state index contributed by atoms with van der Waals surface area (Å²) in [6.07, 6.45) is -2.32. The number of piperidine rings is 1. The van der Waals surface area contributed by atoms with Gasteiger partial charge in [-0.05, 0) is 69.3 Å². The van der Waals surface area contributed by atoms with Crippen LogP contribution in [0.25, 0.3) is 33.8 Å². The smallest absolute Gasteiger partial charge is 0.324 e. The maximum absolute atomic E-state index is 16.0. The number of urea groups is 2. The minimum absolute atomic E-state index is 0.0745. The molecular weight excluding hydrogens is 937 g/mol. The Morgan fingerprint density at radius 3 is 1.77 bits per heavy atom. The lowest BCUT2D eigenvalue weighted by Crippen LogP contribution is -2.52. The van der Waals surface area contributed by atoms with Crippen molar-refractivity contribution in [3.05, 3.63) is 119 Å². The topological polar surface area (TPSA) is 182 Å². The van der Waals surface area contributed by atoms with Gasteiger partial charge in [0.25, 0.3) is 11.8 Å². The van der Waals surface area contributed by atoms with E-state index in [1.165, 1.54) is 34.1 Å².